The van der Waals surface area contributed by atoms with E-state index < -0.39 is 17.1 Å². The number of carbonyl (C=O) groups excluding carboxylic acids is 3. The molecule has 1 aromatic rings. The van der Waals surface area contributed by atoms with Crippen LogP contribution in [0.3, 0.4) is 0 Å². The van der Waals surface area contributed by atoms with Gasteiger partial charge in [0.2, 0.25) is 0 Å². The topological polar surface area (TPSA) is 82.1 Å². The average Bonchev–Trinajstić information content (AvgIpc) is 2.91. The maximum Gasteiger partial charge on any atom is 0.326 e. The van der Waals surface area contributed by atoms with Crippen LogP contribution in [0.4, 0.5) is 4.79 Å². The summed E-state index contributed by atoms with van der Waals surface area (Å²) in [7, 11) is 0. The molecule has 152 valence electrons. The molecule has 0 N–H and O–H groups in total. The van der Waals surface area contributed by atoms with Crippen LogP contribution < -0.4 is 9.47 Å². The smallest absolute Gasteiger partial charge is 0.326 e. The van der Waals surface area contributed by atoms with Crippen molar-refractivity contribution in [2.75, 3.05) is 26.4 Å². The van der Waals surface area contributed by atoms with Gasteiger partial charge in [-0.15, -0.1) is 0 Å². The van der Waals surface area contributed by atoms with Gasteiger partial charge in [0.15, 0.2) is 11.5 Å². The largest absolute Gasteiger partial charge is 0.490 e. The van der Waals surface area contributed by atoms with Gasteiger partial charge in [0.1, 0.15) is 6.54 Å². The second-order valence-electron chi connectivity index (χ2n) is 5.91. The average molecular weight is 407 g/mol. The Hall–Kier alpha value is -2.48. The molecule has 0 bridgehead atoms. The number of benzene rings is 1. The molecule has 1 saturated heterocycles. The number of esters is 1. The van der Waals surface area contributed by atoms with Crippen LogP contribution in [0.25, 0.3) is 6.08 Å². The van der Waals surface area contributed by atoms with Crippen LogP contribution >= 0.6 is 11.8 Å². The van der Waals surface area contributed by atoms with Gasteiger partial charge in [0, 0.05) is 0 Å². The number of imide groups is 1. The molecule has 0 atom stereocenters. The lowest BCUT2D eigenvalue weighted by Gasteiger charge is -2.12. The van der Waals surface area contributed by atoms with Crippen molar-refractivity contribution in [3.63, 3.8) is 0 Å². The zero-order valence-corrected chi connectivity index (χ0v) is 17.2. The van der Waals surface area contributed by atoms with E-state index in [4.69, 9.17) is 14.2 Å². The number of amides is 2. The summed E-state index contributed by atoms with van der Waals surface area (Å²) < 4.78 is 16.2. The van der Waals surface area contributed by atoms with Crippen LogP contribution in [0.5, 0.6) is 11.5 Å². The third-order valence-electron chi connectivity index (χ3n) is 3.79. The fourth-order valence-electron chi connectivity index (χ4n) is 2.45. The Balaban J connectivity index is 2.17. The lowest BCUT2D eigenvalue weighted by Crippen LogP contribution is -2.34. The molecule has 0 unspecified atom stereocenters. The van der Waals surface area contributed by atoms with Crippen molar-refractivity contribution in [3.05, 3.63) is 28.7 Å². The lowest BCUT2D eigenvalue weighted by atomic mass is 10.2. The van der Waals surface area contributed by atoms with E-state index in [-0.39, 0.29) is 18.1 Å². The molecule has 1 heterocycles. The highest BCUT2D eigenvalue weighted by Crippen LogP contribution is 2.34. The molecule has 0 radical (unpaired) electrons. The van der Waals surface area contributed by atoms with Crippen LogP contribution in [0, 0.1) is 0 Å². The highest BCUT2D eigenvalue weighted by atomic mass is 32.2. The number of nitrogens with zero attached hydrogens (tertiary/aromatic N) is 1. The predicted octanol–water partition coefficient (Wildman–Crippen LogP) is 3.86. The van der Waals surface area contributed by atoms with E-state index >= 15 is 0 Å². The molecule has 1 aliphatic rings. The Bertz CT molecular complexity index is 761. The zero-order chi connectivity index (χ0) is 20.5. The number of hydrogen-bond acceptors (Lipinski definition) is 7. The molecule has 8 heteroatoms. The van der Waals surface area contributed by atoms with Crippen molar-refractivity contribution < 1.29 is 28.6 Å². The van der Waals surface area contributed by atoms with Crippen molar-refractivity contribution in [2.45, 2.75) is 33.6 Å². The van der Waals surface area contributed by atoms with Gasteiger partial charge in [-0.05, 0) is 55.8 Å². The van der Waals surface area contributed by atoms with Gasteiger partial charge in [0.05, 0.1) is 24.7 Å². The highest BCUT2D eigenvalue weighted by molar-refractivity contribution is 8.18. The van der Waals surface area contributed by atoms with Gasteiger partial charge in [-0.25, -0.2) is 0 Å². The number of carbonyl (C=O) groups is 3. The van der Waals surface area contributed by atoms with Crippen molar-refractivity contribution in [3.8, 4) is 11.5 Å². The van der Waals surface area contributed by atoms with Gasteiger partial charge in [-0.2, -0.15) is 0 Å². The summed E-state index contributed by atoms with van der Waals surface area (Å²) in [6.07, 6.45) is 3.58. The zero-order valence-electron chi connectivity index (χ0n) is 16.4. The Morgan fingerprint density at radius 3 is 2.57 bits per heavy atom. The molecule has 28 heavy (non-hydrogen) atoms. The summed E-state index contributed by atoms with van der Waals surface area (Å²) in [5, 5.41) is -0.492. The summed E-state index contributed by atoms with van der Waals surface area (Å²) in [5.74, 6) is 0.100. The van der Waals surface area contributed by atoms with Crippen molar-refractivity contribution in [1.82, 2.24) is 4.90 Å². The van der Waals surface area contributed by atoms with Crippen LogP contribution in [-0.4, -0.2) is 48.4 Å². The summed E-state index contributed by atoms with van der Waals surface area (Å²) in [6, 6.07) is 5.35. The van der Waals surface area contributed by atoms with Gasteiger partial charge >= 0.3 is 5.97 Å². The number of thioether (sulfide) groups is 1. The van der Waals surface area contributed by atoms with E-state index in [1.54, 1.807) is 31.2 Å². The predicted molar refractivity (Wildman–Crippen MR) is 107 cm³/mol. The van der Waals surface area contributed by atoms with Crippen molar-refractivity contribution in [2.24, 2.45) is 0 Å². The van der Waals surface area contributed by atoms with E-state index in [0.29, 0.717) is 30.3 Å². The summed E-state index contributed by atoms with van der Waals surface area (Å²) in [4.78, 5) is 37.3. The van der Waals surface area contributed by atoms with Crippen molar-refractivity contribution >= 4 is 35.0 Å². The van der Waals surface area contributed by atoms with Gasteiger partial charge in [0.25, 0.3) is 11.1 Å². The van der Waals surface area contributed by atoms with Crippen LogP contribution in [0.1, 0.15) is 39.2 Å². The molecule has 1 aliphatic heterocycles. The summed E-state index contributed by atoms with van der Waals surface area (Å²) in [5.41, 5.74) is 0.702. The second-order valence-corrected chi connectivity index (χ2v) is 6.91. The van der Waals surface area contributed by atoms with Gasteiger partial charge in [-0.1, -0.05) is 19.4 Å². The molecule has 1 aromatic carbocycles. The first-order valence-electron chi connectivity index (χ1n) is 9.30. The second kappa shape index (κ2) is 10.8. The van der Waals surface area contributed by atoms with E-state index in [2.05, 4.69) is 6.92 Å². The quantitative estimate of drug-likeness (QED) is 0.331. The minimum absolute atomic E-state index is 0.192. The molecule has 2 rings (SSSR count). The lowest BCUT2D eigenvalue weighted by molar-refractivity contribution is -0.145. The molecule has 2 amide bonds. The van der Waals surface area contributed by atoms with Crippen LogP contribution in [-0.2, 0) is 14.3 Å². The van der Waals surface area contributed by atoms with Crippen molar-refractivity contribution in [1.29, 1.82) is 0 Å². The highest BCUT2D eigenvalue weighted by Gasteiger charge is 2.36. The molecule has 0 aromatic heterocycles. The van der Waals surface area contributed by atoms with Crippen LogP contribution in [0.2, 0.25) is 0 Å². The van der Waals surface area contributed by atoms with E-state index in [1.165, 1.54) is 0 Å². The molecular formula is C20H25NO6S. The molecule has 1 fully saturated rings. The maximum atomic E-state index is 12.5. The fraction of sp³-hybridized carbons (Fsp3) is 0.450. The number of unbranched alkanes of at least 4 members (excludes halogenated alkanes) is 1. The first kappa shape index (κ1) is 21.8. The Kier molecular flexibility index (Phi) is 8.38. The molecule has 0 saturated carbocycles. The first-order chi connectivity index (χ1) is 13.5. The third kappa shape index (κ3) is 5.76. The summed E-state index contributed by atoms with van der Waals surface area (Å²) >= 11 is 0.796. The standard InChI is InChI=1S/C20H25NO6S/c1-4-7-10-27-15-9-8-14(11-16(15)25-5-2)12-17-19(23)21(20(24)28-17)13-18(22)26-6-3/h8-9,11-12H,4-7,10,13H2,1-3H3/b17-12-. The maximum absolute atomic E-state index is 12.5. The molecule has 0 aliphatic carbocycles. The molecular weight excluding hydrogens is 382 g/mol. The van der Waals surface area contributed by atoms with Gasteiger partial charge < -0.3 is 14.2 Å². The van der Waals surface area contributed by atoms with E-state index in [9.17, 15) is 14.4 Å². The number of ether oxygens (including phenoxy) is 3. The van der Waals surface area contributed by atoms with E-state index in [0.717, 1.165) is 29.5 Å². The normalized spacial score (nSPS) is 15.2. The molecule has 7 nitrogen and oxygen atoms in total. The summed E-state index contributed by atoms with van der Waals surface area (Å²) in [6.45, 7) is 6.51. The fourth-order valence-corrected chi connectivity index (χ4v) is 3.29. The Morgan fingerprint density at radius 1 is 1.11 bits per heavy atom. The Morgan fingerprint density at radius 2 is 1.89 bits per heavy atom. The van der Waals surface area contributed by atoms with Gasteiger partial charge in [-0.3, -0.25) is 19.3 Å². The first-order valence-corrected chi connectivity index (χ1v) is 10.1. The number of hydrogen-bond donors (Lipinski definition) is 0. The monoisotopic (exact) mass is 407 g/mol. The van der Waals surface area contributed by atoms with Crippen LogP contribution in [0.15, 0.2) is 23.1 Å². The minimum Gasteiger partial charge on any atom is -0.490 e. The number of rotatable bonds is 10. The van der Waals surface area contributed by atoms with E-state index in [1.807, 2.05) is 6.92 Å². The molecule has 0 spiro atoms. The Labute approximate surface area is 169 Å². The third-order valence-corrected chi connectivity index (χ3v) is 4.69. The SMILES string of the molecule is CCCCOc1ccc(/C=C2\SC(=O)N(CC(=O)OCC)C2=O)cc1OCC. The minimum atomic E-state index is -0.613.